The van der Waals surface area contributed by atoms with Crippen molar-refractivity contribution in [1.82, 2.24) is 35.3 Å². The van der Waals surface area contributed by atoms with E-state index in [1.54, 1.807) is 44.4 Å². The maximum atomic E-state index is 12.7. The standard InChI is InChI=1S/C14H16N8O3/c1-19-14(25)22(9-7-5-4-6-8-9)12(24)10(17-19)11(23)15-13-16-18-21(3)20(13)2/h4-8,18H,1-3H3,(H,15,16,23). The van der Waals surface area contributed by atoms with Crippen LogP contribution in [0.4, 0.5) is 0 Å². The normalized spacial score (nSPS) is 14.2. The maximum Gasteiger partial charge on any atom is 0.351 e. The molecular weight excluding hydrogens is 328 g/mol. The van der Waals surface area contributed by atoms with E-state index in [9.17, 15) is 14.4 Å². The zero-order valence-electron chi connectivity index (χ0n) is 13.8. The van der Waals surface area contributed by atoms with Crippen molar-refractivity contribution in [2.75, 3.05) is 14.1 Å². The second-order valence-electron chi connectivity index (χ2n) is 5.27. The molecule has 1 aromatic carbocycles. The molecule has 2 N–H and O–H groups in total. The zero-order valence-corrected chi connectivity index (χ0v) is 13.8. The number of benzene rings is 1. The van der Waals surface area contributed by atoms with Gasteiger partial charge >= 0.3 is 5.69 Å². The summed E-state index contributed by atoms with van der Waals surface area (Å²) >= 11 is 0. The van der Waals surface area contributed by atoms with Gasteiger partial charge in [-0.2, -0.15) is 5.10 Å². The largest absolute Gasteiger partial charge is 0.351 e. The number of aryl methyl sites for hydroxylation is 1. The molecule has 2 heterocycles. The Morgan fingerprint density at radius 2 is 1.80 bits per heavy atom. The third-order valence-electron chi connectivity index (χ3n) is 3.64. The molecule has 3 rings (SSSR count). The Labute approximate surface area is 141 Å². The lowest BCUT2D eigenvalue weighted by Crippen LogP contribution is -2.49. The van der Waals surface area contributed by atoms with Gasteiger partial charge in [-0.25, -0.2) is 19.6 Å². The number of carbonyl (C=O) groups is 1. The minimum absolute atomic E-state index is 0.189. The van der Waals surface area contributed by atoms with Crippen LogP contribution in [-0.4, -0.2) is 50.4 Å². The fraction of sp³-hybridized carbons (Fsp3) is 0.214. The molecule has 0 aliphatic carbocycles. The van der Waals surface area contributed by atoms with Crippen molar-refractivity contribution in [3.05, 3.63) is 56.9 Å². The van der Waals surface area contributed by atoms with Gasteiger partial charge in [0.15, 0.2) is 0 Å². The van der Waals surface area contributed by atoms with E-state index < -0.39 is 22.9 Å². The monoisotopic (exact) mass is 344 g/mol. The molecule has 1 aliphatic heterocycles. The van der Waals surface area contributed by atoms with Crippen LogP contribution in [0.3, 0.4) is 0 Å². The number of hydrazine groups is 2. The highest BCUT2D eigenvalue weighted by Crippen LogP contribution is 2.01. The Balaban J connectivity index is 2.03. The van der Waals surface area contributed by atoms with Gasteiger partial charge in [-0.05, 0) is 12.1 Å². The molecule has 0 atom stereocenters. The van der Waals surface area contributed by atoms with Crippen molar-refractivity contribution in [1.29, 1.82) is 0 Å². The molecule has 1 aliphatic rings. The third-order valence-corrected chi connectivity index (χ3v) is 3.64. The SMILES string of the molecule is CN1NN=C(NC(=O)c2nn(C)c(=O)n(-c3ccccc3)c2=O)N1C. The lowest BCUT2D eigenvalue weighted by atomic mass is 10.3. The highest BCUT2D eigenvalue weighted by molar-refractivity contribution is 6.04. The first-order valence-electron chi connectivity index (χ1n) is 7.28. The molecule has 0 unspecified atom stereocenters. The first-order valence-corrected chi connectivity index (χ1v) is 7.28. The summed E-state index contributed by atoms with van der Waals surface area (Å²) in [6.07, 6.45) is 0. The highest BCUT2D eigenvalue weighted by atomic mass is 16.2. The summed E-state index contributed by atoms with van der Waals surface area (Å²) in [5.41, 5.74) is 1.09. The van der Waals surface area contributed by atoms with Gasteiger partial charge in [0.25, 0.3) is 11.5 Å². The van der Waals surface area contributed by atoms with Gasteiger partial charge in [-0.15, -0.1) is 10.2 Å². The molecule has 1 aromatic heterocycles. The van der Waals surface area contributed by atoms with Gasteiger partial charge in [0.05, 0.1) is 5.69 Å². The van der Waals surface area contributed by atoms with Gasteiger partial charge in [-0.3, -0.25) is 19.9 Å². The smallest absolute Gasteiger partial charge is 0.288 e. The average molecular weight is 344 g/mol. The molecule has 11 nitrogen and oxygen atoms in total. The van der Waals surface area contributed by atoms with E-state index in [1.165, 1.54) is 17.2 Å². The van der Waals surface area contributed by atoms with Crippen molar-refractivity contribution >= 4 is 11.9 Å². The molecule has 0 bridgehead atoms. The van der Waals surface area contributed by atoms with E-state index in [0.717, 1.165) is 9.25 Å². The third kappa shape index (κ3) is 2.87. The van der Waals surface area contributed by atoms with Crippen molar-refractivity contribution in [2.45, 2.75) is 0 Å². The van der Waals surface area contributed by atoms with E-state index >= 15 is 0 Å². The van der Waals surface area contributed by atoms with Crippen LogP contribution in [0.2, 0.25) is 0 Å². The Kier molecular flexibility index (Phi) is 4.07. The first kappa shape index (κ1) is 16.4. The van der Waals surface area contributed by atoms with Crippen LogP contribution < -0.4 is 22.1 Å². The summed E-state index contributed by atoms with van der Waals surface area (Å²) in [7, 11) is 4.72. The fourth-order valence-corrected chi connectivity index (χ4v) is 2.19. The van der Waals surface area contributed by atoms with Gasteiger partial charge in [-0.1, -0.05) is 18.2 Å². The molecule has 0 radical (unpaired) electrons. The number of carbonyl (C=O) groups excluding carboxylic acids is 1. The van der Waals surface area contributed by atoms with Gasteiger partial charge < -0.3 is 0 Å². The quantitative estimate of drug-likeness (QED) is 0.662. The average Bonchev–Trinajstić information content (AvgIpc) is 2.91. The molecule has 25 heavy (non-hydrogen) atoms. The molecule has 2 aromatic rings. The fourth-order valence-electron chi connectivity index (χ4n) is 2.19. The van der Waals surface area contributed by atoms with E-state index in [0.29, 0.717) is 5.69 Å². The van der Waals surface area contributed by atoms with E-state index in [4.69, 9.17) is 0 Å². The molecular formula is C14H16N8O3. The lowest BCUT2D eigenvalue weighted by Gasteiger charge is -2.20. The number of nitrogens with zero attached hydrogens (tertiary/aromatic N) is 6. The Bertz CT molecular complexity index is 962. The van der Waals surface area contributed by atoms with Crippen molar-refractivity contribution < 1.29 is 4.79 Å². The predicted octanol–water partition coefficient (Wildman–Crippen LogP) is -1.77. The van der Waals surface area contributed by atoms with Crippen LogP contribution in [-0.2, 0) is 7.05 Å². The lowest BCUT2D eigenvalue weighted by molar-refractivity contribution is 0.0686. The van der Waals surface area contributed by atoms with Gasteiger partial charge in [0.2, 0.25) is 11.7 Å². The van der Waals surface area contributed by atoms with Crippen LogP contribution in [0, 0.1) is 0 Å². The highest BCUT2D eigenvalue weighted by Gasteiger charge is 2.25. The summed E-state index contributed by atoms with van der Waals surface area (Å²) in [4.78, 5) is 37.4. The Hall–Kier alpha value is -3.47. The number of aromatic nitrogens is 3. The summed E-state index contributed by atoms with van der Waals surface area (Å²) in [5.74, 6) is -0.582. The molecule has 0 spiro atoms. The number of hydrogen-bond donors (Lipinski definition) is 2. The predicted molar refractivity (Wildman–Crippen MR) is 88.6 cm³/mol. The van der Waals surface area contributed by atoms with E-state index in [2.05, 4.69) is 21.1 Å². The number of guanidine groups is 1. The Morgan fingerprint density at radius 3 is 2.40 bits per heavy atom. The van der Waals surface area contributed by atoms with Crippen LogP contribution >= 0.6 is 0 Å². The van der Waals surface area contributed by atoms with Crippen molar-refractivity contribution in [2.24, 2.45) is 12.1 Å². The van der Waals surface area contributed by atoms with E-state index in [-0.39, 0.29) is 5.96 Å². The summed E-state index contributed by atoms with van der Waals surface area (Å²) in [5, 5.41) is 13.2. The van der Waals surface area contributed by atoms with Crippen molar-refractivity contribution in [3.8, 4) is 5.69 Å². The van der Waals surface area contributed by atoms with Crippen molar-refractivity contribution in [3.63, 3.8) is 0 Å². The van der Waals surface area contributed by atoms with Gasteiger partial charge in [0.1, 0.15) is 0 Å². The summed E-state index contributed by atoms with van der Waals surface area (Å²) in [6, 6.07) is 8.32. The summed E-state index contributed by atoms with van der Waals surface area (Å²) in [6.45, 7) is 0. The number of nitrogens with one attached hydrogen (secondary N) is 2. The number of rotatable bonds is 2. The molecule has 0 saturated carbocycles. The molecule has 0 saturated heterocycles. The van der Waals surface area contributed by atoms with Crippen LogP contribution in [0.1, 0.15) is 10.5 Å². The number of hydrazone groups is 1. The maximum absolute atomic E-state index is 12.7. The van der Waals surface area contributed by atoms with Crippen LogP contribution in [0.25, 0.3) is 5.69 Å². The second-order valence-corrected chi connectivity index (χ2v) is 5.27. The number of amides is 1. The Morgan fingerprint density at radius 1 is 1.12 bits per heavy atom. The first-order chi connectivity index (χ1) is 11.9. The second kappa shape index (κ2) is 6.20. The van der Waals surface area contributed by atoms with Crippen LogP contribution in [0.15, 0.2) is 45.0 Å². The molecule has 0 fully saturated rings. The molecule has 11 heteroatoms. The van der Waals surface area contributed by atoms with Crippen LogP contribution in [0.5, 0.6) is 0 Å². The molecule has 130 valence electrons. The zero-order chi connectivity index (χ0) is 18.1. The minimum Gasteiger partial charge on any atom is -0.288 e. The van der Waals surface area contributed by atoms with E-state index in [1.807, 2.05) is 0 Å². The topological polar surface area (TPSA) is 117 Å². The minimum atomic E-state index is -0.811. The number of para-hydroxylation sites is 1. The molecule has 1 amide bonds. The summed E-state index contributed by atoms with van der Waals surface area (Å²) < 4.78 is 1.83. The van der Waals surface area contributed by atoms with Gasteiger partial charge in [0, 0.05) is 21.1 Å². The number of hydrogen-bond acceptors (Lipinski definition) is 8.